The molecule has 1 aliphatic heterocycles. The summed E-state index contributed by atoms with van der Waals surface area (Å²) in [7, 11) is 0. The van der Waals surface area contributed by atoms with Gasteiger partial charge in [-0.15, -0.1) is 0 Å². The molecular weight excluding hydrogens is 273 g/mol. The summed E-state index contributed by atoms with van der Waals surface area (Å²) in [6.45, 7) is 1.58. The maximum Gasteiger partial charge on any atom is 0.223 e. The molecule has 0 aromatic carbocycles. The zero-order valence-electron chi connectivity index (χ0n) is 9.98. The number of ether oxygens (including phenoxy) is 1. The van der Waals surface area contributed by atoms with E-state index >= 15 is 0 Å². The van der Waals surface area contributed by atoms with E-state index in [1.165, 1.54) is 12.8 Å². The van der Waals surface area contributed by atoms with Crippen LogP contribution >= 0.6 is 23.2 Å². The van der Waals surface area contributed by atoms with Crippen molar-refractivity contribution in [2.75, 3.05) is 18.1 Å². The van der Waals surface area contributed by atoms with Crippen LogP contribution in [-0.4, -0.2) is 35.3 Å². The molecule has 0 N–H and O–H groups in total. The van der Waals surface area contributed by atoms with Crippen LogP contribution in [0.5, 0.6) is 0 Å². The number of rotatable bonds is 1. The van der Waals surface area contributed by atoms with Crippen LogP contribution in [-0.2, 0) is 4.74 Å². The Bertz CT molecular complexity index is 441. The lowest BCUT2D eigenvalue weighted by Gasteiger charge is -2.44. The Balaban J connectivity index is 1.89. The molecule has 2 atom stereocenters. The molecule has 1 saturated carbocycles. The van der Waals surface area contributed by atoms with Gasteiger partial charge < -0.3 is 9.64 Å². The number of morpholine rings is 1. The third-order valence-corrected chi connectivity index (χ3v) is 4.20. The largest absolute Gasteiger partial charge is 0.374 e. The topological polar surface area (TPSA) is 38.2 Å². The van der Waals surface area contributed by atoms with Gasteiger partial charge in [0.25, 0.3) is 0 Å². The Labute approximate surface area is 116 Å². The molecule has 1 aromatic rings. The van der Waals surface area contributed by atoms with E-state index in [1.54, 1.807) is 6.20 Å². The van der Waals surface area contributed by atoms with Crippen molar-refractivity contribution in [3.63, 3.8) is 0 Å². The highest BCUT2D eigenvalue weighted by Gasteiger charge is 2.35. The molecule has 4 nitrogen and oxygen atoms in total. The van der Waals surface area contributed by atoms with Gasteiger partial charge in [0.05, 0.1) is 30.6 Å². The zero-order valence-corrected chi connectivity index (χ0v) is 11.5. The van der Waals surface area contributed by atoms with E-state index in [0.29, 0.717) is 17.3 Å². The minimum Gasteiger partial charge on any atom is -0.374 e. The normalized spacial score (nSPS) is 28.0. The van der Waals surface area contributed by atoms with Gasteiger partial charge in [0, 0.05) is 6.54 Å². The third kappa shape index (κ3) is 2.29. The summed E-state index contributed by atoms with van der Waals surface area (Å²) in [4.78, 5) is 10.3. The predicted octanol–water partition coefficient (Wildman–Crippen LogP) is 2.93. The number of aromatic nitrogens is 2. The van der Waals surface area contributed by atoms with E-state index in [4.69, 9.17) is 27.9 Å². The maximum absolute atomic E-state index is 6.18. The van der Waals surface area contributed by atoms with Crippen molar-refractivity contribution >= 4 is 28.9 Å². The summed E-state index contributed by atoms with van der Waals surface area (Å²) in [6.07, 6.45) is 6.80. The fourth-order valence-electron chi connectivity index (χ4n) is 2.92. The number of hydrogen-bond donors (Lipinski definition) is 0. The zero-order chi connectivity index (χ0) is 12.5. The molecule has 2 unspecified atom stereocenters. The minimum absolute atomic E-state index is 0.192. The number of anilines is 1. The molecule has 98 valence electrons. The first kappa shape index (κ1) is 12.5. The fraction of sp³-hybridized carbons (Fsp3) is 0.667. The Morgan fingerprint density at radius 2 is 2.11 bits per heavy atom. The van der Waals surface area contributed by atoms with Crippen molar-refractivity contribution in [1.82, 2.24) is 9.97 Å². The van der Waals surface area contributed by atoms with Crippen molar-refractivity contribution in [2.24, 2.45) is 0 Å². The number of halogens is 2. The number of nitrogens with zero attached hydrogens (tertiary/aromatic N) is 3. The van der Waals surface area contributed by atoms with Crippen LogP contribution in [0.4, 0.5) is 5.69 Å². The van der Waals surface area contributed by atoms with Crippen LogP contribution in [0.2, 0.25) is 10.4 Å². The summed E-state index contributed by atoms with van der Waals surface area (Å²) in [6, 6.07) is 0.398. The Morgan fingerprint density at radius 3 is 2.94 bits per heavy atom. The van der Waals surface area contributed by atoms with Gasteiger partial charge in [-0.05, 0) is 24.4 Å². The van der Waals surface area contributed by atoms with E-state index < -0.39 is 0 Å². The maximum atomic E-state index is 6.18. The molecule has 1 aliphatic carbocycles. The smallest absolute Gasteiger partial charge is 0.223 e. The van der Waals surface area contributed by atoms with Crippen molar-refractivity contribution in [3.8, 4) is 0 Å². The predicted molar refractivity (Wildman–Crippen MR) is 71.4 cm³/mol. The highest BCUT2D eigenvalue weighted by Crippen LogP contribution is 2.34. The highest BCUT2D eigenvalue weighted by molar-refractivity contribution is 6.33. The molecule has 6 heteroatoms. The van der Waals surface area contributed by atoms with Gasteiger partial charge >= 0.3 is 0 Å². The lowest BCUT2D eigenvalue weighted by atomic mass is 9.90. The van der Waals surface area contributed by atoms with Crippen molar-refractivity contribution in [1.29, 1.82) is 0 Å². The first-order valence-corrected chi connectivity index (χ1v) is 7.07. The average molecular weight is 288 g/mol. The van der Waals surface area contributed by atoms with Gasteiger partial charge in [-0.3, -0.25) is 0 Å². The van der Waals surface area contributed by atoms with Crippen LogP contribution in [0.25, 0.3) is 0 Å². The van der Waals surface area contributed by atoms with E-state index in [1.807, 2.05) is 0 Å². The SMILES string of the molecule is Clc1ncc(N2CCOC3CCCCC32)c(Cl)n1. The molecule has 1 saturated heterocycles. The second-order valence-corrected chi connectivity index (χ2v) is 5.47. The van der Waals surface area contributed by atoms with Crippen LogP contribution in [0.15, 0.2) is 6.20 Å². The number of hydrogen-bond acceptors (Lipinski definition) is 4. The van der Waals surface area contributed by atoms with Crippen LogP contribution in [0.3, 0.4) is 0 Å². The molecule has 0 bridgehead atoms. The summed E-state index contributed by atoms with van der Waals surface area (Å²) < 4.78 is 5.85. The molecule has 2 aliphatic rings. The summed E-state index contributed by atoms with van der Waals surface area (Å²) in [5.41, 5.74) is 0.876. The van der Waals surface area contributed by atoms with Gasteiger partial charge in [0.1, 0.15) is 0 Å². The van der Waals surface area contributed by atoms with Crippen LogP contribution in [0.1, 0.15) is 25.7 Å². The summed E-state index contributed by atoms with van der Waals surface area (Å²) >= 11 is 11.9. The van der Waals surface area contributed by atoms with Gasteiger partial charge in [0.15, 0.2) is 5.15 Å². The fourth-order valence-corrected chi connectivity index (χ4v) is 3.34. The van der Waals surface area contributed by atoms with Crippen molar-refractivity contribution in [2.45, 2.75) is 37.8 Å². The molecule has 0 spiro atoms. The second-order valence-electron chi connectivity index (χ2n) is 4.77. The standard InChI is InChI=1S/C12H15Cl2N3O/c13-11-9(7-15-12(14)16-11)17-5-6-18-10-4-2-1-3-8(10)17/h7-8,10H,1-6H2. The van der Waals surface area contributed by atoms with Gasteiger partial charge in [-0.2, -0.15) is 0 Å². The first-order chi connectivity index (χ1) is 8.75. The molecule has 18 heavy (non-hydrogen) atoms. The minimum atomic E-state index is 0.192. The Kier molecular flexibility index (Phi) is 3.59. The highest BCUT2D eigenvalue weighted by atomic mass is 35.5. The molecule has 3 rings (SSSR count). The van der Waals surface area contributed by atoms with Crippen LogP contribution < -0.4 is 4.90 Å². The Hall–Kier alpha value is -0.580. The quantitative estimate of drug-likeness (QED) is 0.588. The lowest BCUT2D eigenvalue weighted by Crippen LogP contribution is -2.53. The molecule has 1 aromatic heterocycles. The lowest BCUT2D eigenvalue weighted by molar-refractivity contribution is -0.00871. The van der Waals surface area contributed by atoms with E-state index in [9.17, 15) is 0 Å². The third-order valence-electron chi connectivity index (χ3n) is 3.74. The Morgan fingerprint density at radius 1 is 1.28 bits per heavy atom. The summed E-state index contributed by atoms with van der Waals surface area (Å²) in [5, 5.41) is 0.624. The van der Waals surface area contributed by atoms with E-state index in [-0.39, 0.29) is 5.28 Å². The first-order valence-electron chi connectivity index (χ1n) is 6.32. The number of fused-ring (bicyclic) bond motifs is 1. The van der Waals surface area contributed by atoms with Crippen LogP contribution in [0, 0.1) is 0 Å². The van der Waals surface area contributed by atoms with E-state index in [2.05, 4.69) is 14.9 Å². The molecule has 0 amide bonds. The molecule has 0 radical (unpaired) electrons. The van der Waals surface area contributed by atoms with Crippen molar-refractivity contribution in [3.05, 3.63) is 16.6 Å². The molecule has 2 fully saturated rings. The molecule has 2 heterocycles. The average Bonchev–Trinajstić information content (AvgIpc) is 2.38. The monoisotopic (exact) mass is 287 g/mol. The van der Waals surface area contributed by atoms with Crippen molar-refractivity contribution < 1.29 is 4.74 Å². The van der Waals surface area contributed by atoms with Gasteiger partial charge in [-0.1, -0.05) is 24.4 Å². The van der Waals surface area contributed by atoms with Gasteiger partial charge in [-0.25, -0.2) is 9.97 Å². The molecular formula is C12H15Cl2N3O. The second kappa shape index (κ2) is 5.19. The van der Waals surface area contributed by atoms with E-state index in [0.717, 1.165) is 31.7 Å². The summed E-state index contributed by atoms with van der Waals surface area (Å²) in [5.74, 6) is 0. The van der Waals surface area contributed by atoms with Gasteiger partial charge in [0.2, 0.25) is 5.28 Å².